The van der Waals surface area contributed by atoms with Crippen molar-refractivity contribution in [2.75, 3.05) is 6.61 Å². The highest BCUT2D eigenvalue weighted by atomic mass is 19.1. The molecule has 0 aliphatic carbocycles. The molecule has 0 aromatic heterocycles. The van der Waals surface area contributed by atoms with E-state index < -0.39 is 17.8 Å². The van der Waals surface area contributed by atoms with Crippen molar-refractivity contribution in [1.29, 1.82) is 0 Å². The summed E-state index contributed by atoms with van der Waals surface area (Å²) in [4.78, 5) is 10.7. The quantitative estimate of drug-likeness (QED) is 0.662. The minimum absolute atomic E-state index is 0.216. The predicted molar refractivity (Wildman–Crippen MR) is 47.4 cm³/mol. The molecule has 0 aliphatic heterocycles. The largest absolute Gasteiger partial charge is 0.478 e. The van der Waals surface area contributed by atoms with E-state index in [0.29, 0.717) is 0 Å². The zero-order chi connectivity index (χ0) is 10.7. The number of hydrogen-bond donors (Lipinski definition) is 3. The van der Waals surface area contributed by atoms with Gasteiger partial charge < -0.3 is 15.9 Å². The van der Waals surface area contributed by atoms with Crippen LogP contribution in [0.5, 0.6) is 0 Å². The molecule has 1 atom stereocenters. The van der Waals surface area contributed by atoms with Crippen LogP contribution in [-0.4, -0.2) is 22.8 Å². The number of aliphatic hydroxyl groups excluding tert-OH is 1. The standard InChI is InChI=1S/C9H10FNO3/c10-5-1-2-6(8(11)4-12)7(3-5)9(13)14/h1-3,8,12H,4,11H2,(H,13,14). The summed E-state index contributed by atoms with van der Waals surface area (Å²) in [6.45, 7) is -0.383. The zero-order valence-electron chi connectivity index (χ0n) is 7.27. The molecule has 0 spiro atoms. The lowest BCUT2D eigenvalue weighted by Gasteiger charge is -2.11. The molecule has 4 nitrogen and oxygen atoms in total. The summed E-state index contributed by atoms with van der Waals surface area (Å²) in [6.07, 6.45) is 0. The van der Waals surface area contributed by atoms with Gasteiger partial charge in [0.05, 0.1) is 18.2 Å². The fourth-order valence-electron chi connectivity index (χ4n) is 1.14. The number of rotatable bonds is 3. The predicted octanol–water partition coefficient (Wildman–Crippen LogP) is 0.516. The van der Waals surface area contributed by atoms with Gasteiger partial charge in [-0.2, -0.15) is 0 Å². The van der Waals surface area contributed by atoms with Crippen LogP contribution < -0.4 is 5.73 Å². The van der Waals surface area contributed by atoms with E-state index in [4.69, 9.17) is 15.9 Å². The van der Waals surface area contributed by atoms with Crippen LogP contribution in [0.25, 0.3) is 0 Å². The third-order valence-electron chi connectivity index (χ3n) is 1.84. The van der Waals surface area contributed by atoms with Crippen molar-refractivity contribution in [3.8, 4) is 0 Å². The van der Waals surface area contributed by atoms with Gasteiger partial charge in [-0.3, -0.25) is 0 Å². The molecule has 0 bridgehead atoms. The van der Waals surface area contributed by atoms with Crippen LogP contribution in [-0.2, 0) is 0 Å². The van der Waals surface area contributed by atoms with Gasteiger partial charge in [0.15, 0.2) is 0 Å². The number of carboxylic acids is 1. The molecule has 14 heavy (non-hydrogen) atoms. The number of hydrogen-bond acceptors (Lipinski definition) is 3. The summed E-state index contributed by atoms with van der Waals surface area (Å²) in [7, 11) is 0. The van der Waals surface area contributed by atoms with Crippen LogP contribution in [0.4, 0.5) is 4.39 Å². The van der Waals surface area contributed by atoms with Crippen LogP contribution in [0, 0.1) is 5.82 Å². The molecular formula is C9H10FNO3. The van der Waals surface area contributed by atoms with Crippen molar-refractivity contribution in [3.63, 3.8) is 0 Å². The number of aromatic carboxylic acids is 1. The smallest absolute Gasteiger partial charge is 0.336 e. The zero-order valence-corrected chi connectivity index (χ0v) is 7.27. The second-order valence-corrected chi connectivity index (χ2v) is 2.83. The Morgan fingerprint density at radius 1 is 1.57 bits per heavy atom. The summed E-state index contributed by atoms with van der Waals surface area (Å²) < 4.78 is 12.7. The maximum absolute atomic E-state index is 12.7. The first kappa shape index (κ1) is 10.6. The van der Waals surface area contributed by atoms with Gasteiger partial charge in [0.1, 0.15) is 5.82 Å². The highest BCUT2D eigenvalue weighted by molar-refractivity contribution is 5.89. The Morgan fingerprint density at radius 2 is 2.21 bits per heavy atom. The summed E-state index contributed by atoms with van der Waals surface area (Å²) in [5.41, 5.74) is 5.45. The Kier molecular flexibility index (Phi) is 3.16. The van der Waals surface area contributed by atoms with Crippen molar-refractivity contribution < 1.29 is 19.4 Å². The maximum Gasteiger partial charge on any atom is 0.336 e. The number of aliphatic hydroxyl groups is 1. The van der Waals surface area contributed by atoms with Gasteiger partial charge in [0, 0.05) is 0 Å². The minimum atomic E-state index is -1.26. The average Bonchev–Trinajstić information content (AvgIpc) is 2.16. The van der Waals surface area contributed by atoms with Crippen molar-refractivity contribution in [2.24, 2.45) is 5.73 Å². The van der Waals surface area contributed by atoms with E-state index in [9.17, 15) is 9.18 Å². The first-order valence-corrected chi connectivity index (χ1v) is 3.95. The Bertz CT molecular complexity index is 354. The molecule has 0 heterocycles. The molecule has 0 saturated heterocycles. The Labute approximate surface area is 79.8 Å². The van der Waals surface area contributed by atoms with Gasteiger partial charge in [0.2, 0.25) is 0 Å². The van der Waals surface area contributed by atoms with Gasteiger partial charge in [-0.25, -0.2) is 9.18 Å². The molecule has 76 valence electrons. The second-order valence-electron chi connectivity index (χ2n) is 2.83. The van der Waals surface area contributed by atoms with E-state index in [1.165, 1.54) is 6.07 Å². The second kappa shape index (κ2) is 4.17. The van der Waals surface area contributed by atoms with E-state index in [1.54, 1.807) is 0 Å². The molecule has 1 unspecified atom stereocenters. The summed E-state index contributed by atoms with van der Waals surface area (Å²) >= 11 is 0. The van der Waals surface area contributed by atoms with Gasteiger partial charge in [-0.1, -0.05) is 6.07 Å². The van der Waals surface area contributed by atoms with Crippen LogP contribution in [0.3, 0.4) is 0 Å². The van der Waals surface area contributed by atoms with Crippen molar-refractivity contribution in [3.05, 3.63) is 35.1 Å². The molecule has 0 saturated carbocycles. The highest BCUT2D eigenvalue weighted by Crippen LogP contribution is 2.17. The third-order valence-corrected chi connectivity index (χ3v) is 1.84. The fraction of sp³-hybridized carbons (Fsp3) is 0.222. The molecule has 0 aliphatic rings. The first-order valence-electron chi connectivity index (χ1n) is 3.95. The molecule has 0 radical (unpaired) electrons. The lowest BCUT2D eigenvalue weighted by Crippen LogP contribution is -2.18. The number of nitrogens with two attached hydrogens (primary N) is 1. The molecule has 1 rings (SSSR count). The molecule has 1 aromatic rings. The lowest BCUT2D eigenvalue weighted by molar-refractivity contribution is 0.0694. The van der Waals surface area contributed by atoms with Crippen LogP contribution in [0.15, 0.2) is 18.2 Å². The molecule has 5 heteroatoms. The van der Waals surface area contributed by atoms with Gasteiger partial charge in [-0.05, 0) is 17.7 Å². The molecule has 0 amide bonds. The molecule has 0 fully saturated rings. The maximum atomic E-state index is 12.7. The summed E-state index contributed by atoms with van der Waals surface area (Å²) in [6, 6.07) is 2.45. The number of halogens is 1. The number of carbonyl (C=O) groups is 1. The van der Waals surface area contributed by atoms with Crippen molar-refractivity contribution in [1.82, 2.24) is 0 Å². The van der Waals surface area contributed by atoms with Gasteiger partial charge in [0.25, 0.3) is 0 Å². The normalized spacial score (nSPS) is 12.5. The number of benzene rings is 1. The molecule has 1 aromatic carbocycles. The van der Waals surface area contributed by atoms with Gasteiger partial charge >= 0.3 is 5.97 Å². The number of carboxylic acid groups (broad SMARTS) is 1. The SMILES string of the molecule is NC(CO)c1ccc(F)cc1C(=O)O. The van der Waals surface area contributed by atoms with Crippen LogP contribution in [0.2, 0.25) is 0 Å². The lowest BCUT2D eigenvalue weighted by atomic mass is 10.0. The average molecular weight is 199 g/mol. The van der Waals surface area contributed by atoms with E-state index in [0.717, 1.165) is 12.1 Å². The summed E-state index contributed by atoms with van der Waals surface area (Å²) in [5.74, 6) is -1.90. The van der Waals surface area contributed by atoms with Crippen LogP contribution in [0.1, 0.15) is 22.0 Å². The van der Waals surface area contributed by atoms with Crippen LogP contribution >= 0.6 is 0 Å². The Balaban J connectivity index is 3.21. The summed E-state index contributed by atoms with van der Waals surface area (Å²) in [5, 5.41) is 17.5. The molecule has 4 N–H and O–H groups in total. The van der Waals surface area contributed by atoms with Gasteiger partial charge in [-0.15, -0.1) is 0 Å². The van der Waals surface area contributed by atoms with Crippen molar-refractivity contribution >= 4 is 5.97 Å². The fourth-order valence-corrected chi connectivity index (χ4v) is 1.14. The topological polar surface area (TPSA) is 83.5 Å². The minimum Gasteiger partial charge on any atom is -0.478 e. The Hall–Kier alpha value is -1.46. The Morgan fingerprint density at radius 3 is 2.71 bits per heavy atom. The molecular weight excluding hydrogens is 189 g/mol. The van der Waals surface area contributed by atoms with E-state index >= 15 is 0 Å². The van der Waals surface area contributed by atoms with E-state index in [1.807, 2.05) is 0 Å². The third kappa shape index (κ3) is 2.07. The van der Waals surface area contributed by atoms with E-state index in [-0.39, 0.29) is 17.7 Å². The monoisotopic (exact) mass is 199 g/mol. The highest BCUT2D eigenvalue weighted by Gasteiger charge is 2.15. The first-order chi connectivity index (χ1) is 6.56. The van der Waals surface area contributed by atoms with E-state index in [2.05, 4.69) is 0 Å². The van der Waals surface area contributed by atoms with Crippen molar-refractivity contribution in [2.45, 2.75) is 6.04 Å².